The maximum Gasteiger partial charge on any atom is 0.256 e. The molecule has 0 aliphatic rings. The highest BCUT2D eigenvalue weighted by Crippen LogP contribution is 2.20. The second kappa shape index (κ2) is 6.32. The highest BCUT2D eigenvalue weighted by Gasteiger charge is 2.13. The van der Waals surface area contributed by atoms with Gasteiger partial charge in [-0.1, -0.05) is 23.8 Å². The van der Waals surface area contributed by atoms with Crippen LogP contribution < -0.4 is 5.32 Å². The highest BCUT2D eigenvalue weighted by molar-refractivity contribution is 6.04. The van der Waals surface area contributed by atoms with E-state index in [1.807, 2.05) is 44.2 Å². The van der Waals surface area contributed by atoms with Crippen molar-refractivity contribution in [2.75, 3.05) is 5.32 Å². The molecule has 0 atom stereocenters. The maximum atomic E-state index is 12.5. The van der Waals surface area contributed by atoms with Crippen molar-refractivity contribution in [3.63, 3.8) is 0 Å². The number of carbonyl (C=O) groups excluding carboxylic acids is 1. The number of nitrogens with zero attached hydrogens (tertiary/aromatic N) is 2. The SMILES string of the molecule is Cc1cccc(C(=O)Nc2cc(C)nn2-c2cc(C)cc(C)c2)c1. The van der Waals surface area contributed by atoms with E-state index in [4.69, 9.17) is 0 Å². The van der Waals surface area contributed by atoms with E-state index in [-0.39, 0.29) is 5.91 Å². The molecule has 122 valence electrons. The number of hydrogen-bond donors (Lipinski definition) is 1. The number of nitrogens with one attached hydrogen (secondary N) is 1. The second-order valence-corrected chi connectivity index (χ2v) is 6.25. The summed E-state index contributed by atoms with van der Waals surface area (Å²) in [6.45, 7) is 8.00. The molecule has 24 heavy (non-hydrogen) atoms. The van der Waals surface area contributed by atoms with Gasteiger partial charge >= 0.3 is 0 Å². The van der Waals surface area contributed by atoms with Crippen molar-refractivity contribution >= 4 is 11.7 Å². The molecule has 3 aromatic rings. The minimum Gasteiger partial charge on any atom is -0.306 e. The van der Waals surface area contributed by atoms with E-state index in [2.05, 4.69) is 42.5 Å². The van der Waals surface area contributed by atoms with Crippen LogP contribution in [-0.2, 0) is 0 Å². The Kier molecular flexibility index (Phi) is 4.21. The summed E-state index contributed by atoms with van der Waals surface area (Å²) in [5, 5.41) is 7.50. The van der Waals surface area contributed by atoms with Gasteiger partial charge in [-0.2, -0.15) is 5.10 Å². The third-order valence-electron chi connectivity index (χ3n) is 3.80. The number of anilines is 1. The van der Waals surface area contributed by atoms with Crippen LogP contribution in [0.5, 0.6) is 0 Å². The Bertz CT molecular complexity index is 889. The standard InChI is InChI=1S/C20H21N3O/c1-13-6-5-7-17(9-13)20(24)21-19-12-16(4)22-23(19)18-10-14(2)8-15(3)11-18/h5-12H,1-4H3,(H,21,24). The molecule has 0 unspecified atom stereocenters. The van der Waals surface area contributed by atoms with Crippen LogP contribution in [0.15, 0.2) is 48.5 Å². The summed E-state index contributed by atoms with van der Waals surface area (Å²) in [5.74, 6) is 0.535. The lowest BCUT2D eigenvalue weighted by Crippen LogP contribution is -2.15. The molecule has 0 spiro atoms. The largest absolute Gasteiger partial charge is 0.306 e. The van der Waals surface area contributed by atoms with Crippen LogP contribution in [0.1, 0.15) is 32.7 Å². The fraction of sp³-hybridized carbons (Fsp3) is 0.200. The van der Waals surface area contributed by atoms with Gasteiger partial charge in [0.1, 0.15) is 5.82 Å². The molecule has 1 N–H and O–H groups in total. The van der Waals surface area contributed by atoms with Crippen molar-refractivity contribution in [1.29, 1.82) is 0 Å². The van der Waals surface area contributed by atoms with E-state index in [9.17, 15) is 4.79 Å². The third-order valence-corrected chi connectivity index (χ3v) is 3.80. The van der Waals surface area contributed by atoms with Gasteiger partial charge in [-0.3, -0.25) is 4.79 Å². The van der Waals surface area contributed by atoms with Gasteiger partial charge in [0, 0.05) is 11.6 Å². The molecule has 3 rings (SSSR count). The number of aromatic nitrogens is 2. The fourth-order valence-corrected chi connectivity index (χ4v) is 2.83. The van der Waals surface area contributed by atoms with Gasteiger partial charge in [0.2, 0.25) is 0 Å². The maximum absolute atomic E-state index is 12.5. The van der Waals surface area contributed by atoms with E-state index < -0.39 is 0 Å². The van der Waals surface area contributed by atoms with E-state index in [1.165, 1.54) is 0 Å². The lowest BCUT2D eigenvalue weighted by Gasteiger charge is -2.11. The number of amides is 1. The molecule has 4 nitrogen and oxygen atoms in total. The zero-order valence-electron chi connectivity index (χ0n) is 14.4. The molecular weight excluding hydrogens is 298 g/mol. The Morgan fingerprint density at radius 2 is 1.62 bits per heavy atom. The predicted molar refractivity (Wildman–Crippen MR) is 96.9 cm³/mol. The first-order chi connectivity index (χ1) is 11.4. The van der Waals surface area contributed by atoms with Crippen LogP contribution >= 0.6 is 0 Å². The van der Waals surface area contributed by atoms with Crippen LogP contribution in [0.4, 0.5) is 5.82 Å². The number of hydrogen-bond acceptors (Lipinski definition) is 2. The summed E-state index contributed by atoms with van der Waals surface area (Å²) in [7, 11) is 0. The normalized spacial score (nSPS) is 10.7. The van der Waals surface area contributed by atoms with Gasteiger partial charge in [0.05, 0.1) is 11.4 Å². The molecule has 0 fully saturated rings. The van der Waals surface area contributed by atoms with Crippen molar-refractivity contribution in [3.8, 4) is 5.69 Å². The van der Waals surface area contributed by atoms with Crippen molar-refractivity contribution in [2.24, 2.45) is 0 Å². The van der Waals surface area contributed by atoms with Gasteiger partial charge in [-0.15, -0.1) is 0 Å². The predicted octanol–water partition coefficient (Wildman–Crippen LogP) is 4.36. The molecule has 0 aliphatic heterocycles. The molecule has 0 saturated heterocycles. The number of aryl methyl sites for hydroxylation is 4. The monoisotopic (exact) mass is 319 g/mol. The first kappa shape index (κ1) is 16.0. The Hall–Kier alpha value is -2.88. The molecule has 1 aromatic heterocycles. The molecule has 0 aliphatic carbocycles. The van der Waals surface area contributed by atoms with Crippen LogP contribution in [0, 0.1) is 27.7 Å². The van der Waals surface area contributed by atoms with Crippen LogP contribution in [-0.4, -0.2) is 15.7 Å². The number of benzene rings is 2. The van der Waals surface area contributed by atoms with E-state index >= 15 is 0 Å². The van der Waals surface area contributed by atoms with Crippen LogP contribution in [0.3, 0.4) is 0 Å². The van der Waals surface area contributed by atoms with E-state index in [0.717, 1.165) is 28.1 Å². The Morgan fingerprint density at radius 3 is 2.29 bits per heavy atom. The zero-order valence-corrected chi connectivity index (χ0v) is 14.4. The molecular formula is C20H21N3O. The van der Waals surface area contributed by atoms with Crippen molar-refractivity contribution in [3.05, 3.63) is 76.5 Å². The minimum atomic E-state index is -0.135. The van der Waals surface area contributed by atoms with Gasteiger partial charge in [0.25, 0.3) is 5.91 Å². The van der Waals surface area contributed by atoms with Crippen molar-refractivity contribution < 1.29 is 4.79 Å². The summed E-state index contributed by atoms with van der Waals surface area (Å²) in [6.07, 6.45) is 0. The lowest BCUT2D eigenvalue weighted by atomic mass is 10.1. The summed E-state index contributed by atoms with van der Waals surface area (Å²) < 4.78 is 1.78. The molecule has 1 heterocycles. The Morgan fingerprint density at radius 1 is 0.917 bits per heavy atom. The minimum absolute atomic E-state index is 0.135. The molecule has 1 amide bonds. The van der Waals surface area contributed by atoms with Gasteiger partial charge in [-0.05, 0) is 63.1 Å². The van der Waals surface area contributed by atoms with E-state index in [1.54, 1.807) is 4.68 Å². The lowest BCUT2D eigenvalue weighted by molar-refractivity contribution is 0.102. The smallest absolute Gasteiger partial charge is 0.256 e. The average molecular weight is 319 g/mol. The van der Waals surface area contributed by atoms with Crippen LogP contribution in [0.2, 0.25) is 0 Å². The number of carbonyl (C=O) groups is 1. The Labute approximate surface area is 142 Å². The summed E-state index contributed by atoms with van der Waals surface area (Å²) >= 11 is 0. The highest BCUT2D eigenvalue weighted by atomic mass is 16.1. The first-order valence-corrected chi connectivity index (χ1v) is 7.96. The van der Waals surface area contributed by atoms with Crippen molar-refractivity contribution in [2.45, 2.75) is 27.7 Å². The topological polar surface area (TPSA) is 46.9 Å². The second-order valence-electron chi connectivity index (χ2n) is 6.25. The molecule has 0 bridgehead atoms. The molecule has 0 radical (unpaired) electrons. The summed E-state index contributed by atoms with van der Waals surface area (Å²) in [6, 6.07) is 15.7. The van der Waals surface area contributed by atoms with Gasteiger partial charge in [0.15, 0.2) is 0 Å². The van der Waals surface area contributed by atoms with E-state index in [0.29, 0.717) is 11.4 Å². The summed E-state index contributed by atoms with van der Waals surface area (Å²) in [4.78, 5) is 12.5. The quantitative estimate of drug-likeness (QED) is 0.780. The molecule has 0 saturated carbocycles. The Balaban J connectivity index is 1.96. The zero-order chi connectivity index (χ0) is 17.3. The van der Waals surface area contributed by atoms with Gasteiger partial charge in [-0.25, -0.2) is 4.68 Å². The van der Waals surface area contributed by atoms with Crippen molar-refractivity contribution in [1.82, 2.24) is 9.78 Å². The summed E-state index contributed by atoms with van der Waals surface area (Å²) in [5.41, 5.74) is 5.82. The average Bonchev–Trinajstić information content (AvgIpc) is 2.87. The first-order valence-electron chi connectivity index (χ1n) is 7.96. The molecule has 4 heteroatoms. The fourth-order valence-electron chi connectivity index (χ4n) is 2.83. The van der Waals surface area contributed by atoms with Gasteiger partial charge < -0.3 is 5.32 Å². The molecule has 2 aromatic carbocycles. The third kappa shape index (κ3) is 3.38. The number of rotatable bonds is 3. The van der Waals surface area contributed by atoms with Crippen LogP contribution in [0.25, 0.3) is 5.69 Å².